The Bertz CT molecular complexity index is 1700. The van der Waals surface area contributed by atoms with Crippen molar-refractivity contribution < 1.29 is 19.1 Å². The molecule has 5 aromatic rings. The van der Waals surface area contributed by atoms with Gasteiger partial charge in [-0.1, -0.05) is 18.2 Å². The number of fused-ring (bicyclic) bond motifs is 2. The summed E-state index contributed by atoms with van der Waals surface area (Å²) in [7, 11) is 1.86. The Morgan fingerprint density at radius 1 is 1.13 bits per heavy atom. The lowest BCUT2D eigenvalue weighted by atomic mass is 10.0. The number of nitrogens with one attached hydrogen (secondary N) is 2. The third-order valence-electron chi connectivity index (χ3n) is 6.83. The molecule has 0 saturated heterocycles. The van der Waals surface area contributed by atoms with Crippen molar-refractivity contribution in [2.45, 2.75) is 18.9 Å². The minimum absolute atomic E-state index is 0.0534. The van der Waals surface area contributed by atoms with Crippen LogP contribution in [0.25, 0.3) is 27.7 Å². The van der Waals surface area contributed by atoms with Crippen molar-refractivity contribution in [3.8, 4) is 11.1 Å². The minimum atomic E-state index is -0.749. The number of carbonyl (C=O) groups excluding carboxylic acids is 2. The fraction of sp³-hybridized carbons (Fsp3) is 0.214. The first kappa shape index (κ1) is 23.8. The molecule has 0 bridgehead atoms. The van der Waals surface area contributed by atoms with E-state index < -0.39 is 11.9 Å². The Morgan fingerprint density at radius 2 is 1.95 bits per heavy atom. The van der Waals surface area contributed by atoms with E-state index in [1.807, 2.05) is 41.9 Å². The number of pyridine rings is 1. The quantitative estimate of drug-likeness (QED) is 0.307. The number of amides is 2. The molecule has 10 heteroatoms. The molecule has 1 atom stereocenters. The van der Waals surface area contributed by atoms with Crippen LogP contribution >= 0.6 is 0 Å². The average Bonchev–Trinajstić information content (AvgIpc) is 3.62. The van der Waals surface area contributed by atoms with Crippen molar-refractivity contribution in [1.82, 2.24) is 24.5 Å². The summed E-state index contributed by atoms with van der Waals surface area (Å²) in [5.74, 6) is -0.537. The molecule has 0 spiro atoms. The number of aromatic nitrogens is 4. The molecular formula is C28H25FN6O3. The predicted molar refractivity (Wildman–Crippen MR) is 140 cm³/mol. The third-order valence-corrected chi connectivity index (χ3v) is 6.83. The van der Waals surface area contributed by atoms with Gasteiger partial charge in [0.1, 0.15) is 5.82 Å². The average molecular weight is 513 g/mol. The van der Waals surface area contributed by atoms with Crippen molar-refractivity contribution >= 4 is 34.3 Å². The highest BCUT2D eigenvalue weighted by atomic mass is 19.1. The molecule has 2 aromatic carbocycles. The monoisotopic (exact) mass is 512 g/mol. The number of rotatable bonds is 7. The molecule has 0 radical (unpaired) electrons. The van der Waals surface area contributed by atoms with E-state index in [4.69, 9.17) is 0 Å². The van der Waals surface area contributed by atoms with Crippen LogP contribution in [-0.4, -0.2) is 42.7 Å². The van der Waals surface area contributed by atoms with E-state index in [1.165, 1.54) is 12.1 Å². The summed E-state index contributed by atoms with van der Waals surface area (Å²) in [4.78, 5) is 29.8. The van der Waals surface area contributed by atoms with E-state index in [0.29, 0.717) is 16.8 Å². The van der Waals surface area contributed by atoms with E-state index in [-0.39, 0.29) is 30.3 Å². The van der Waals surface area contributed by atoms with Crippen LogP contribution in [0.1, 0.15) is 34.8 Å². The molecule has 1 fully saturated rings. The Kier molecular flexibility index (Phi) is 5.88. The van der Waals surface area contributed by atoms with Crippen molar-refractivity contribution in [1.29, 1.82) is 0 Å². The van der Waals surface area contributed by atoms with Gasteiger partial charge in [-0.25, -0.2) is 8.91 Å². The van der Waals surface area contributed by atoms with Gasteiger partial charge in [0.2, 0.25) is 11.9 Å². The molecule has 2 amide bonds. The normalized spacial score (nSPS) is 14.1. The lowest BCUT2D eigenvalue weighted by Crippen LogP contribution is -2.30. The maximum Gasteiger partial charge on any atom is 0.254 e. The molecule has 6 rings (SSSR count). The standard InChI is InChI=1S/C28H25FN6O3/c1-34-14-22(27(38)30-23(15-36)19-3-2-4-20(29)11-19)21-12-17(7-8-24(21)34)18-9-10-35-25(13-18)31-28(33-35)32-26(37)16-5-6-16/h2-4,7-14,16,23,36H,5-6,15H2,1H3,(H,30,38)(H,32,33,37)/t23-/m0/s1. The predicted octanol–water partition coefficient (Wildman–Crippen LogP) is 3.84. The highest BCUT2D eigenvalue weighted by Crippen LogP contribution is 2.31. The fourth-order valence-electron chi connectivity index (χ4n) is 4.62. The van der Waals surface area contributed by atoms with Crippen LogP contribution < -0.4 is 10.6 Å². The van der Waals surface area contributed by atoms with Crippen LogP contribution in [0.15, 0.2) is 67.0 Å². The van der Waals surface area contributed by atoms with Gasteiger partial charge in [-0.05, 0) is 65.9 Å². The van der Waals surface area contributed by atoms with E-state index in [1.54, 1.807) is 29.0 Å². The van der Waals surface area contributed by atoms with Gasteiger partial charge in [0, 0.05) is 36.3 Å². The van der Waals surface area contributed by atoms with Gasteiger partial charge in [-0.3, -0.25) is 14.9 Å². The van der Waals surface area contributed by atoms with Crippen LogP contribution in [-0.2, 0) is 11.8 Å². The summed E-state index contributed by atoms with van der Waals surface area (Å²) >= 11 is 0. The molecule has 3 aromatic heterocycles. The number of hydrogen-bond acceptors (Lipinski definition) is 5. The van der Waals surface area contributed by atoms with E-state index in [2.05, 4.69) is 20.7 Å². The summed E-state index contributed by atoms with van der Waals surface area (Å²) < 4.78 is 17.2. The molecule has 38 heavy (non-hydrogen) atoms. The number of halogens is 1. The van der Waals surface area contributed by atoms with Crippen LogP contribution in [0.4, 0.5) is 10.3 Å². The topological polar surface area (TPSA) is 114 Å². The van der Waals surface area contributed by atoms with Crippen LogP contribution in [0, 0.1) is 11.7 Å². The van der Waals surface area contributed by atoms with Gasteiger partial charge in [0.25, 0.3) is 5.91 Å². The van der Waals surface area contributed by atoms with Crippen LogP contribution in [0.2, 0.25) is 0 Å². The fourth-order valence-corrected chi connectivity index (χ4v) is 4.62. The van der Waals surface area contributed by atoms with Gasteiger partial charge in [0.15, 0.2) is 5.65 Å². The van der Waals surface area contributed by atoms with Crippen LogP contribution in [0.5, 0.6) is 0 Å². The lowest BCUT2D eigenvalue weighted by Gasteiger charge is -2.16. The van der Waals surface area contributed by atoms with Gasteiger partial charge >= 0.3 is 0 Å². The lowest BCUT2D eigenvalue weighted by molar-refractivity contribution is -0.117. The maximum absolute atomic E-state index is 13.7. The molecule has 1 aliphatic rings. The van der Waals surface area contributed by atoms with E-state index in [9.17, 15) is 19.1 Å². The Labute approximate surface area is 216 Å². The highest BCUT2D eigenvalue weighted by Gasteiger charge is 2.30. The first-order valence-electron chi connectivity index (χ1n) is 12.3. The van der Waals surface area contributed by atoms with Gasteiger partial charge in [0.05, 0.1) is 18.2 Å². The van der Waals surface area contributed by atoms with E-state index in [0.717, 1.165) is 34.9 Å². The number of aliphatic hydroxyl groups excluding tert-OH is 1. The number of aliphatic hydroxyl groups is 1. The number of hydrogen-bond donors (Lipinski definition) is 3. The highest BCUT2D eigenvalue weighted by molar-refractivity contribution is 6.08. The second kappa shape index (κ2) is 9.38. The molecule has 0 unspecified atom stereocenters. The SMILES string of the molecule is Cn1cc(C(=O)N[C@@H](CO)c2cccc(F)c2)c2cc(-c3ccn4nc(NC(=O)C5CC5)nc4c3)ccc21. The van der Waals surface area contributed by atoms with Crippen LogP contribution in [0.3, 0.4) is 0 Å². The number of anilines is 1. The molecule has 1 saturated carbocycles. The van der Waals surface area contributed by atoms with Gasteiger partial charge in [-0.2, -0.15) is 4.98 Å². The maximum atomic E-state index is 13.7. The molecule has 192 valence electrons. The summed E-state index contributed by atoms with van der Waals surface area (Å²) in [6, 6.07) is 14.7. The second-order valence-electron chi connectivity index (χ2n) is 9.57. The summed E-state index contributed by atoms with van der Waals surface area (Å²) in [5.41, 5.74) is 4.11. The van der Waals surface area contributed by atoms with Crippen molar-refractivity contribution in [3.05, 3.63) is 83.9 Å². The summed E-state index contributed by atoms with van der Waals surface area (Å²) in [5, 5.41) is 20.5. The molecule has 1 aliphatic carbocycles. The van der Waals surface area contributed by atoms with Gasteiger partial charge < -0.3 is 15.0 Å². The number of aryl methyl sites for hydroxylation is 1. The zero-order chi connectivity index (χ0) is 26.4. The summed E-state index contributed by atoms with van der Waals surface area (Å²) in [6.45, 7) is -0.368. The van der Waals surface area contributed by atoms with Crippen molar-refractivity contribution in [3.63, 3.8) is 0 Å². The Balaban J connectivity index is 1.30. The molecule has 3 heterocycles. The molecule has 0 aliphatic heterocycles. The molecule has 3 N–H and O–H groups in total. The van der Waals surface area contributed by atoms with Crippen molar-refractivity contribution in [2.75, 3.05) is 11.9 Å². The minimum Gasteiger partial charge on any atom is -0.394 e. The zero-order valence-corrected chi connectivity index (χ0v) is 20.6. The van der Waals surface area contributed by atoms with E-state index >= 15 is 0 Å². The van der Waals surface area contributed by atoms with Gasteiger partial charge in [-0.15, -0.1) is 5.10 Å². The third kappa shape index (κ3) is 4.50. The number of nitrogens with zero attached hydrogens (tertiary/aromatic N) is 4. The molecular weight excluding hydrogens is 487 g/mol. The second-order valence-corrected chi connectivity index (χ2v) is 9.57. The first-order valence-corrected chi connectivity index (χ1v) is 12.3. The number of carbonyl (C=O) groups is 2. The Hall–Kier alpha value is -4.57. The zero-order valence-electron chi connectivity index (χ0n) is 20.6. The molecule has 9 nitrogen and oxygen atoms in total. The number of benzene rings is 2. The summed E-state index contributed by atoms with van der Waals surface area (Å²) in [6.07, 6.45) is 5.31. The smallest absolute Gasteiger partial charge is 0.254 e. The first-order chi connectivity index (χ1) is 18.4. The largest absolute Gasteiger partial charge is 0.394 e. The Morgan fingerprint density at radius 3 is 2.71 bits per heavy atom. The van der Waals surface area contributed by atoms with Crippen molar-refractivity contribution in [2.24, 2.45) is 13.0 Å².